The zero-order valence-electron chi connectivity index (χ0n) is 27.5. The van der Waals surface area contributed by atoms with E-state index in [1.807, 2.05) is 97.1 Å². The molecule has 0 bridgehead atoms. The second kappa shape index (κ2) is 17.1. The molecular formula is C38H40N4O6. The molecule has 48 heavy (non-hydrogen) atoms. The number of nitrogens with one attached hydrogen (secondary N) is 2. The van der Waals surface area contributed by atoms with Crippen LogP contribution in [0, 0.1) is 0 Å². The van der Waals surface area contributed by atoms with E-state index in [0.29, 0.717) is 11.4 Å². The summed E-state index contributed by atoms with van der Waals surface area (Å²) in [4.78, 5) is 52.9. The lowest BCUT2D eigenvalue weighted by atomic mass is 10.1. The van der Waals surface area contributed by atoms with Crippen molar-refractivity contribution in [1.29, 1.82) is 0 Å². The third-order valence-electron chi connectivity index (χ3n) is 7.73. The van der Waals surface area contributed by atoms with Crippen LogP contribution in [0.4, 0.5) is 21.0 Å². The van der Waals surface area contributed by atoms with Crippen molar-refractivity contribution in [2.45, 2.75) is 39.1 Å². The van der Waals surface area contributed by atoms with E-state index in [0.717, 1.165) is 22.3 Å². The second-order valence-corrected chi connectivity index (χ2v) is 11.2. The maximum absolute atomic E-state index is 12.8. The molecule has 0 aromatic heterocycles. The molecule has 0 heterocycles. The Balaban J connectivity index is 1.22. The first-order valence-corrected chi connectivity index (χ1v) is 15.5. The van der Waals surface area contributed by atoms with E-state index in [-0.39, 0.29) is 25.0 Å². The number of rotatable bonds is 12. The van der Waals surface area contributed by atoms with Crippen LogP contribution in [0.2, 0.25) is 0 Å². The zero-order valence-corrected chi connectivity index (χ0v) is 27.5. The molecule has 4 rings (SSSR count). The van der Waals surface area contributed by atoms with Crippen LogP contribution < -0.4 is 10.6 Å². The highest BCUT2D eigenvalue weighted by molar-refractivity contribution is 5.97. The monoisotopic (exact) mass is 648 g/mol. The largest absolute Gasteiger partial charge is 0.445 e. The summed E-state index contributed by atoms with van der Waals surface area (Å²) in [6, 6.07) is 31.8. The number of hydrogen-bond acceptors (Lipinski definition) is 6. The summed E-state index contributed by atoms with van der Waals surface area (Å²) in [6.07, 6.45) is 2.68. The summed E-state index contributed by atoms with van der Waals surface area (Å²) < 4.78 is 10.6. The minimum atomic E-state index is -0.744. The summed E-state index contributed by atoms with van der Waals surface area (Å²) in [7, 11) is 3.05. The standard InChI is InChI=1S/C38H40N4O6/c1-27(41(3)37(45)47-25-31-11-7-5-8-12-31)35(43)39-33-21-17-29(18-22-33)15-16-30-19-23-34(24-20-30)40-36(44)28(2)42(4)38(46)48-26-32-13-9-6-10-14-32/h5-24,27-28H,25-26H2,1-4H3,(H,39,43)(H,40,44)/b16-15+/t27-,28-/m0/s1. The van der Waals surface area contributed by atoms with Crippen molar-refractivity contribution < 1.29 is 28.7 Å². The van der Waals surface area contributed by atoms with Crippen LogP contribution in [0.1, 0.15) is 36.1 Å². The Kier molecular flexibility index (Phi) is 12.5. The molecule has 0 aliphatic carbocycles. The molecule has 0 saturated heterocycles. The summed E-state index contributed by atoms with van der Waals surface area (Å²) >= 11 is 0. The van der Waals surface area contributed by atoms with E-state index in [9.17, 15) is 19.2 Å². The Bertz CT molecular complexity index is 1570. The Hall–Kier alpha value is -5.90. The predicted octanol–water partition coefficient (Wildman–Crippen LogP) is 7.05. The lowest BCUT2D eigenvalue weighted by molar-refractivity contribution is -0.120. The summed E-state index contributed by atoms with van der Waals surface area (Å²) in [5.74, 6) is -0.678. The Morgan fingerprint density at radius 1 is 0.562 bits per heavy atom. The number of hydrogen-bond donors (Lipinski definition) is 2. The van der Waals surface area contributed by atoms with Gasteiger partial charge in [-0.3, -0.25) is 19.4 Å². The first-order valence-electron chi connectivity index (χ1n) is 15.5. The van der Waals surface area contributed by atoms with Gasteiger partial charge in [0.2, 0.25) is 11.8 Å². The van der Waals surface area contributed by atoms with Gasteiger partial charge in [-0.1, -0.05) is 97.1 Å². The van der Waals surface area contributed by atoms with Gasteiger partial charge in [0, 0.05) is 25.5 Å². The molecule has 2 N–H and O–H groups in total. The smallest absolute Gasteiger partial charge is 0.410 e. The third kappa shape index (κ3) is 10.3. The number of carbonyl (C=O) groups excluding carboxylic acids is 4. The molecule has 10 heteroatoms. The molecule has 4 amide bonds. The third-order valence-corrected chi connectivity index (χ3v) is 7.73. The van der Waals surface area contributed by atoms with E-state index in [2.05, 4.69) is 10.6 Å². The average Bonchev–Trinajstić information content (AvgIpc) is 3.12. The Labute approximate surface area is 281 Å². The fourth-order valence-electron chi connectivity index (χ4n) is 4.35. The normalized spacial score (nSPS) is 12.0. The number of likely N-dealkylation sites (N-methyl/N-ethyl adjacent to an activating group) is 2. The van der Waals surface area contributed by atoms with Gasteiger partial charge >= 0.3 is 12.2 Å². The van der Waals surface area contributed by atoms with Crippen LogP contribution in [0.3, 0.4) is 0 Å². The molecule has 4 aromatic rings. The first-order chi connectivity index (χ1) is 23.1. The molecule has 248 valence electrons. The second-order valence-electron chi connectivity index (χ2n) is 11.2. The van der Waals surface area contributed by atoms with Gasteiger partial charge in [-0.15, -0.1) is 0 Å². The van der Waals surface area contributed by atoms with Gasteiger partial charge in [0.25, 0.3) is 0 Å². The lowest BCUT2D eigenvalue weighted by Gasteiger charge is -2.23. The molecule has 4 aromatic carbocycles. The molecule has 2 atom stereocenters. The van der Waals surface area contributed by atoms with Crippen LogP contribution in [0.25, 0.3) is 12.2 Å². The van der Waals surface area contributed by atoms with Crippen molar-refractivity contribution in [3.8, 4) is 0 Å². The van der Waals surface area contributed by atoms with Crippen LogP contribution in [-0.4, -0.2) is 60.0 Å². The molecule has 0 spiro atoms. The van der Waals surface area contributed by atoms with E-state index < -0.39 is 24.3 Å². The predicted molar refractivity (Wildman–Crippen MR) is 187 cm³/mol. The maximum atomic E-state index is 12.8. The van der Waals surface area contributed by atoms with E-state index >= 15 is 0 Å². The number of carbonyl (C=O) groups is 4. The first kappa shape index (κ1) is 35.0. The van der Waals surface area contributed by atoms with Gasteiger partial charge in [-0.2, -0.15) is 0 Å². The molecule has 0 aliphatic heterocycles. The summed E-state index contributed by atoms with van der Waals surface area (Å²) in [5, 5.41) is 5.66. The van der Waals surface area contributed by atoms with Crippen LogP contribution >= 0.6 is 0 Å². The molecular weight excluding hydrogens is 608 g/mol. The molecule has 0 fully saturated rings. The quantitative estimate of drug-likeness (QED) is 0.159. The Morgan fingerprint density at radius 2 is 0.896 bits per heavy atom. The van der Waals surface area contributed by atoms with Crippen molar-refractivity contribution in [2.24, 2.45) is 0 Å². The summed E-state index contributed by atoms with van der Waals surface area (Å²) in [5.41, 5.74) is 4.74. The van der Waals surface area contributed by atoms with Crippen LogP contribution in [-0.2, 0) is 32.3 Å². The highest BCUT2D eigenvalue weighted by Gasteiger charge is 2.25. The van der Waals surface area contributed by atoms with Gasteiger partial charge in [-0.25, -0.2) is 9.59 Å². The van der Waals surface area contributed by atoms with Crippen LogP contribution in [0.15, 0.2) is 109 Å². The number of anilines is 2. The van der Waals surface area contributed by atoms with Crippen molar-refractivity contribution in [2.75, 3.05) is 24.7 Å². The molecule has 0 aliphatic rings. The van der Waals surface area contributed by atoms with E-state index in [1.165, 1.54) is 23.9 Å². The molecule has 0 saturated carbocycles. The van der Waals surface area contributed by atoms with Crippen molar-refractivity contribution in [3.63, 3.8) is 0 Å². The van der Waals surface area contributed by atoms with Gasteiger partial charge in [0.05, 0.1) is 0 Å². The lowest BCUT2D eigenvalue weighted by Crippen LogP contribution is -2.43. The Morgan fingerprint density at radius 3 is 1.23 bits per heavy atom. The number of nitrogens with zero attached hydrogens (tertiary/aromatic N) is 2. The zero-order chi connectivity index (χ0) is 34.5. The van der Waals surface area contributed by atoms with Gasteiger partial charge in [-0.05, 0) is 60.4 Å². The highest BCUT2D eigenvalue weighted by atomic mass is 16.6. The number of ether oxygens (including phenoxy) is 2. The molecule has 0 radical (unpaired) electrons. The van der Waals surface area contributed by atoms with Gasteiger partial charge in [0.15, 0.2) is 0 Å². The van der Waals surface area contributed by atoms with Gasteiger partial charge < -0.3 is 20.1 Å². The highest BCUT2D eigenvalue weighted by Crippen LogP contribution is 2.17. The average molecular weight is 649 g/mol. The topological polar surface area (TPSA) is 117 Å². The SMILES string of the molecule is C[C@@H](C(=O)Nc1ccc(/C=C/c2ccc(NC(=O)[C@H](C)N(C)C(=O)OCc3ccccc3)cc2)cc1)N(C)C(=O)OCc1ccccc1. The minimum Gasteiger partial charge on any atom is -0.445 e. The number of amides is 4. The molecule has 10 nitrogen and oxygen atoms in total. The summed E-state index contributed by atoms with van der Waals surface area (Å²) in [6.45, 7) is 3.52. The van der Waals surface area contributed by atoms with Crippen molar-refractivity contribution in [1.82, 2.24) is 9.80 Å². The van der Waals surface area contributed by atoms with Gasteiger partial charge in [0.1, 0.15) is 25.3 Å². The maximum Gasteiger partial charge on any atom is 0.410 e. The van der Waals surface area contributed by atoms with E-state index in [4.69, 9.17) is 9.47 Å². The van der Waals surface area contributed by atoms with Crippen molar-refractivity contribution >= 4 is 47.5 Å². The molecule has 0 unspecified atom stereocenters. The fourth-order valence-corrected chi connectivity index (χ4v) is 4.35. The van der Waals surface area contributed by atoms with E-state index in [1.54, 1.807) is 38.1 Å². The van der Waals surface area contributed by atoms with Crippen molar-refractivity contribution in [3.05, 3.63) is 131 Å². The fraction of sp³-hybridized carbons (Fsp3) is 0.211. The van der Waals surface area contributed by atoms with Crippen LogP contribution in [0.5, 0.6) is 0 Å². The minimum absolute atomic E-state index is 0.126. The number of benzene rings is 4.